The number of carbonyl (C=O) groups is 1. The molecule has 0 aliphatic heterocycles. The number of thioether (sulfide) groups is 1. The Balaban J connectivity index is 1.66. The Bertz CT molecular complexity index is 683. The fourth-order valence-electron chi connectivity index (χ4n) is 1.91. The van der Waals surface area contributed by atoms with Crippen LogP contribution in [0.4, 0.5) is 14.9 Å². The molecule has 0 unspecified atom stereocenters. The highest BCUT2D eigenvalue weighted by Gasteiger charge is 2.05. The first-order valence-corrected chi connectivity index (χ1v) is 8.71. The van der Waals surface area contributed by atoms with Crippen LogP contribution in [0.3, 0.4) is 0 Å². The van der Waals surface area contributed by atoms with Crippen LogP contribution in [0.2, 0.25) is 5.02 Å². The zero-order valence-electron chi connectivity index (χ0n) is 13.1. The predicted octanol–water partition coefficient (Wildman–Crippen LogP) is 4.79. The Morgan fingerprint density at radius 1 is 1.25 bits per heavy atom. The summed E-state index contributed by atoms with van der Waals surface area (Å²) < 4.78 is 17.8. The molecule has 2 rings (SSSR count). The van der Waals surface area contributed by atoms with Crippen molar-refractivity contribution in [3.63, 3.8) is 0 Å². The summed E-state index contributed by atoms with van der Waals surface area (Å²) >= 11 is 7.62. The van der Waals surface area contributed by atoms with E-state index in [2.05, 4.69) is 10.6 Å². The Labute approximate surface area is 149 Å². The highest BCUT2D eigenvalue weighted by molar-refractivity contribution is 7.99. The van der Waals surface area contributed by atoms with Gasteiger partial charge in [-0.3, -0.25) is 0 Å². The van der Waals surface area contributed by atoms with Gasteiger partial charge in [0.05, 0.1) is 12.1 Å². The average Bonchev–Trinajstić information content (AvgIpc) is 2.56. The van der Waals surface area contributed by atoms with Crippen LogP contribution < -0.4 is 15.4 Å². The first-order chi connectivity index (χ1) is 11.6. The van der Waals surface area contributed by atoms with Gasteiger partial charge < -0.3 is 15.4 Å². The summed E-state index contributed by atoms with van der Waals surface area (Å²) in [4.78, 5) is 12.8. The van der Waals surface area contributed by atoms with E-state index in [0.717, 1.165) is 17.1 Å². The summed E-state index contributed by atoms with van der Waals surface area (Å²) in [6, 6.07) is 11.1. The molecule has 0 aromatic heterocycles. The number of methoxy groups -OCH3 is 1. The molecule has 24 heavy (non-hydrogen) atoms. The van der Waals surface area contributed by atoms with Gasteiger partial charge in [-0.1, -0.05) is 11.6 Å². The van der Waals surface area contributed by atoms with Gasteiger partial charge in [-0.05, 0) is 54.6 Å². The van der Waals surface area contributed by atoms with Gasteiger partial charge in [0.2, 0.25) is 0 Å². The number of ether oxygens (including phenoxy) is 1. The summed E-state index contributed by atoms with van der Waals surface area (Å²) in [5.41, 5.74) is 0.596. The fraction of sp³-hybridized carbons (Fsp3) is 0.235. The van der Waals surface area contributed by atoms with E-state index in [1.54, 1.807) is 42.1 Å². The van der Waals surface area contributed by atoms with Crippen molar-refractivity contribution in [3.8, 4) is 5.75 Å². The molecule has 0 bridgehead atoms. The average molecular weight is 369 g/mol. The first-order valence-electron chi connectivity index (χ1n) is 7.35. The Kier molecular flexibility index (Phi) is 7.21. The second-order valence-electron chi connectivity index (χ2n) is 4.89. The van der Waals surface area contributed by atoms with Crippen molar-refractivity contribution >= 4 is 35.1 Å². The van der Waals surface area contributed by atoms with Gasteiger partial charge in [0.15, 0.2) is 0 Å². The molecule has 2 N–H and O–H groups in total. The van der Waals surface area contributed by atoms with Gasteiger partial charge in [-0.25, -0.2) is 9.18 Å². The van der Waals surface area contributed by atoms with E-state index in [1.165, 1.54) is 19.2 Å². The maximum Gasteiger partial charge on any atom is 0.319 e. The van der Waals surface area contributed by atoms with Crippen molar-refractivity contribution in [2.45, 2.75) is 11.3 Å². The maximum absolute atomic E-state index is 12.8. The Hall–Kier alpha value is -1.92. The largest absolute Gasteiger partial charge is 0.495 e. The Morgan fingerprint density at radius 3 is 2.67 bits per heavy atom. The van der Waals surface area contributed by atoms with E-state index >= 15 is 0 Å². The Morgan fingerprint density at radius 2 is 2.00 bits per heavy atom. The van der Waals surface area contributed by atoms with Crippen molar-refractivity contribution in [2.24, 2.45) is 0 Å². The number of hydrogen-bond donors (Lipinski definition) is 2. The third-order valence-electron chi connectivity index (χ3n) is 3.10. The summed E-state index contributed by atoms with van der Waals surface area (Å²) in [5.74, 6) is 1.15. The molecule has 7 heteroatoms. The van der Waals surface area contributed by atoms with Crippen LogP contribution in [0.15, 0.2) is 47.4 Å². The molecule has 0 fully saturated rings. The van der Waals surface area contributed by atoms with Crippen molar-refractivity contribution in [2.75, 3.05) is 24.7 Å². The number of nitrogens with one attached hydrogen (secondary N) is 2. The predicted molar refractivity (Wildman–Crippen MR) is 96.8 cm³/mol. The quantitative estimate of drug-likeness (QED) is 0.545. The first kappa shape index (κ1) is 18.4. The lowest BCUT2D eigenvalue weighted by atomic mass is 10.3. The number of amides is 2. The maximum atomic E-state index is 12.8. The van der Waals surface area contributed by atoms with Gasteiger partial charge >= 0.3 is 6.03 Å². The molecule has 0 atom stereocenters. The van der Waals surface area contributed by atoms with Gasteiger partial charge in [-0.2, -0.15) is 0 Å². The molecule has 2 aromatic carbocycles. The van der Waals surface area contributed by atoms with E-state index in [1.807, 2.05) is 0 Å². The van der Waals surface area contributed by atoms with E-state index in [0.29, 0.717) is 23.0 Å². The lowest BCUT2D eigenvalue weighted by molar-refractivity contribution is 0.252. The number of hydrogen-bond acceptors (Lipinski definition) is 3. The molecular weight excluding hydrogens is 351 g/mol. The molecule has 2 aromatic rings. The number of benzene rings is 2. The minimum atomic E-state index is -0.289. The molecule has 0 saturated carbocycles. The van der Waals surface area contributed by atoms with Crippen molar-refractivity contribution in [1.82, 2.24) is 5.32 Å². The van der Waals surface area contributed by atoms with Gasteiger partial charge in [0, 0.05) is 17.1 Å². The van der Waals surface area contributed by atoms with Crippen molar-refractivity contribution < 1.29 is 13.9 Å². The SMILES string of the molecule is COc1ccc(NC(=O)NCCCSc2ccc(F)cc2)cc1Cl. The lowest BCUT2D eigenvalue weighted by Gasteiger charge is -2.09. The van der Waals surface area contributed by atoms with Crippen LogP contribution in [0.1, 0.15) is 6.42 Å². The highest BCUT2D eigenvalue weighted by atomic mass is 35.5. The molecule has 0 spiro atoms. The van der Waals surface area contributed by atoms with Crippen molar-refractivity contribution in [3.05, 3.63) is 53.3 Å². The molecule has 0 saturated heterocycles. The number of anilines is 1. The number of carbonyl (C=O) groups excluding carboxylic acids is 1. The monoisotopic (exact) mass is 368 g/mol. The fourth-order valence-corrected chi connectivity index (χ4v) is 3.02. The summed E-state index contributed by atoms with van der Waals surface area (Å²) in [7, 11) is 1.53. The second kappa shape index (κ2) is 9.39. The third kappa shape index (κ3) is 5.94. The minimum Gasteiger partial charge on any atom is -0.495 e. The van der Waals surface area contributed by atoms with Gasteiger partial charge in [0.25, 0.3) is 0 Å². The molecule has 4 nitrogen and oxygen atoms in total. The minimum absolute atomic E-state index is 0.240. The molecule has 0 aliphatic rings. The van der Waals surface area contributed by atoms with Gasteiger partial charge in [-0.15, -0.1) is 11.8 Å². The zero-order valence-corrected chi connectivity index (χ0v) is 14.7. The number of halogens is 2. The molecule has 0 heterocycles. The third-order valence-corrected chi connectivity index (χ3v) is 4.49. The standard InChI is InChI=1S/C17H18ClFN2O2S/c1-23-16-8-5-13(11-15(16)18)21-17(22)20-9-2-10-24-14-6-3-12(19)4-7-14/h3-8,11H,2,9-10H2,1H3,(H2,20,21,22). The normalized spacial score (nSPS) is 10.3. The molecule has 0 aliphatic carbocycles. The van der Waals surface area contributed by atoms with Crippen molar-refractivity contribution in [1.29, 1.82) is 0 Å². The molecule has 2 amide bonds. The smallest absolute Gasteiger partial charge is 0.319 e. The summed E-state index contributed by atoms with van der Waals surface area (Å²) in [5, 5.41) is 5.92. The van der Waals surface area contributed by atoms with Crippen LogP contribution in [0.25, 0.3) is 0 Å². The molecule has 128 valence electrons. The number of urea groups is 1. The number of rotatable bonds is 7. The summed E-state index contributed by atoms with van der Waals surface area (Å²) in [6.45, 7) is 0.546. The summed E-state index contributed by atoms with van der Waals surface area (Å²) in [6.07, 6.45) is 0.804. The highest BCUT2D eigenvalue weighted by Crippen LogP contribution is 2.27. The molecule has 0 radical (unpaired) electrons. The van der Waals surface area contributed by atoms with E-state index < -0.39 is 0 Å². The van der Waals surface area contributed by atoms with Crippen LogP contribution in [0, 0.1) is 5.82 Å². The second-order valence-corrected chi connectivity index (χ2v) is 6.46. The van der Waals surface area contributed by atoms with Crippen LogP contribution in [-0.4, -0.2) is 25.4 Å². The zero-order chi connectivity index (χ0) is 17.4. The van der Waals surface area contributed by atoms with E-state index in [9.17, 15) is 9.18 Å². The van der Waals surface area contributed by atoms with E-state index in [-0.39, 0.29) is 11.8 Å². The molecular formula is C17H18ClFN2O2S. The topological polar surface area (TPSA) is 50.4 Å². The van der Waals surface area contributed by atoms with Crippen LogP contribution in [0.5, 0.6) is 5.75 Å². The van der Waals surface area contributed by atoms with Gasteiger partial charge in [0.1, 0.15) is 11.6 Å². The van der Waals surface area contributed by atoms with E-state index in [4.69, 9.17) is 16.3 Å². The van der Waals surface area contributed by atoms with Crippen LogP contribution in [-0.2, 0) is 0 Å². The van der Waals surface area contributed by atoms with Crippen LogP contribution >= 0.6 is 23.4 Å². The lowest BCUT2D eigenvalue weighted by Crippen LogP contribution is -2.29.